The highest BCUT2D eigenvalue weighted by molar-refractivity contribution is 5.81. The Balaban J connectivity index is 2.36. The Morgan fingerprint density at radius 2 is 1.95 bits per heavy atom. The van der Waals surface area contributed by atoms with Gasteiger partial charge in [0.25, 0.3) is 0 Å². The second kappa shape index (κ2) is 5.17. The number of nitrogens with two attached hydrogens (primary N) is 1. The molecule has 3 nitrogen and oxygen atoms in total. The van der Waals surface area contributed by atoms with Crippen molar-refractivity contribution in [3.63, 3.8) is 0 Å². The van der Waals surface area contributed by atoms with Crippen LogP contribution in [0.5, 0.6) is 0 Å². The van der Waals surface area contributed by atoms with Crippen molar-refractivity contribution < 1.29 is 0 Å². The van der Waals surface area contributed by atoms with Gasteiger partial charge in [-0.15, -0.1) is 0 Å². The smallest absolute Gasteiger partial charge is 0.131 e. The lowest BCUT2D eigenvalue weighted by molar-refractivity contribution is 0.384. The van der Waals surface area contributed by atoms with Crippen LogP contribution in [0.1, 0.15) is 19.4 Å². The summed E-state index contributed by atoms with van der Waals surface area (Å²) in [5, 5.41) is 1.19. The molecule has 1 aromatic heterocycles. The zero-order chi connectivity index (χ0) is 14.0. The fraction of sp³-hybridized carbons (Fsp3) is 0.438. The van der Waals surface area contributed by atoms with E-state index < -0.39 is 0 Å². The van der Waals surface area contributed by atoms with Gasteiger partial charge in [-0.3, -0.25) is 0 Å². The maximum Gasteiger partial charge on any atom is 0.131 e. The molecule has 0 aliphatic heterocycles. The van der Waals surface area contributed by atoms with Crippen molar-refractivity contribution in [2.24, 2.45) is 11.1 Å². The molecule has 0 amide bonds. The summed E-state index contributed by atoms with van der Waals surface area (Å²) in [6.45, 7) is 8.04. The average molecular weight is 257 g/mol. The van der Waals surface area contributed by atoms with E-state index in [2.05, 4.69) is 50.9 Å². The second-order valence-electron chi connectivity index (χ2n) is 6.05. The predicted molar refractivity (Wildman–Crippen MR) is 82.6 cm³/mol. The summed E-state index contributed by atoms with van der Waals surface area (Å²) in [7, 11) is 2.08. The first-order valence-corrected chi connectivity index (χ1v) is 6.70. The van der Waals surface area contributed by atoms with Gasteiger partial charge in [0.2, 0.25) is 0 Å². The summed E-state index contributed by atoms with van der Waals surface area (Å²) < 4.78 is 0. The fourth-order valence-corrected chi connectivity index (χ4v) is 2.38. The lowest BCUT2D eigenvalue weighted by atomic mass is 9.93. The molecule has 2 aromatic rings. The minimum atomic E-state index is 0.0918. The highest BCUT2D eigenvalue weighted by Gasteiger charge is 2.20. The molecule has 0 radical (unpaired) electrons. The highest BCUT2D eigenvalue weighted by atomic mass is 15.2. The molecule has 0 spiro atoms. The number of aromatic nitrogens is 1. The summed E-state index contributed by atoms with van der Waals surface area (Å²) in [6.07, 6.45) is 0. The summed E-state index contributed by atoms with van der Waals surface area (Å²) >= 11 is 0. The monoisotopic (exact) mass is 257 g/mol. The van der Waals surface area contributed by atoms with Crippen molar-refractivity contribution >= 4 is 16.7 Å². The van der Waals surface area contributed by atoms with Gasteiger partial charge in [0.05, 0.1) is 5.52 Å². The Bertz CT molecular complexity index is 575. The molecule has 3 heteroatoms. The Morgan fingerprint density at radius 1 is 1.26 bits per heavy atom. The van der Waals surface area contributed by atoms with Gasteiger partial charge in [-0.05, 0) is 36.6 Å². The third kappa shape index (κ3) is 3.04. The zero-order valence-electron chi connectivity index (χ0n) is 12.3. The van der Waals surface area contributed by atoms with Crippen LogP contribution in [0.4, 0.5) is 5.82 Å². The van der Waals surface area contributed by atoms with Crippen molar-refractivity contribution in [1.82, 2.24) is 4.98 Å². The summed E-state index contributed by atoms with van der Waals surface area (Å²) in [4.78, 5) is 6.98. The number of hydrogen-bond acceptors (Lipinski definition) is 3. The van der Waals surface area contributed by atoms with Crippen LogP contribution in [0, 0.1) is 12.3 Å². The van der Waals surface area contributed by atoms with E-state index in [-0.39, 0.29) is 5.41 Å². The summed E-state index contributed by atoms with van der Waals surface area (Å²) in [6, 6.07) is 10.4. The first kappa shape index (κ1) is 13.8. The van der Waals surface area contributed by atoms with Gasteiger partial charge in [0.15, 0.2) is 0 Å². The zero-order valence-corrected chi connectivity index (χ0v) is 12.3. The standard InChI is InChI=1S/C16H23N3/c1-12-9-13-7-5-6-8-14(13)18-15(12)19(4)11-16(2,3)10-17/h5-9H,10-11,17H2,1-4H3. The topological polar surface area (TPSA) is 42.2 Å². The van der Waals surface area contributed by atoms with E-state index in [1.54, 1.807) is 0 Å². The van der Waals surface area contributed by atoms with Crippen LogP contribution in [0.15, 0.2) is 30.3 Å². The number of nitrogens with zero attached hydrogens (tertiary/aromatic N) is 2. The molecule has 2 rings (SSSR count). The quantitative estimate of drug-likeness (QED) is 0.915. The van der Waals surface area contributed by atoms with E-state index in [0.29, 0.717) is 6.54 Å². The maximum absolute atomic E-state index is 5.81. The van der Waals surface area contributed by atoms with Crippen molar-refractivity contribution in [3.05, 3.63) is 35.9 Å². The minimum Gasteiger partial charge on any atom is -0.359 e. The molecule has 0 bridgehead atoms. The SMILES string of the molecule is Cc1cc2ccccc2nc1N(C)CC(C)(C)CN. The fourth-order valence-electron chi connectivity index (χ4n) is 2.38. The van der Waals surface area contributed by atoms with Crippen LogP contribution in [-0.2, 0) is 0 Å². The van der Waals surface area contributed by atoms with Gasteiger partial charge < -0.3 is 10.6 Å². The number of aryl methyl sites for hydroxylation is 1. The molecule has 102 valence electrons. The molecular formula is C16H23N3. The van der Waals surface area contributed by atoms with Crippen molar-refractivity contribution in [2.75, 3.05) is 25.0 Å². The van der Waals surface area contributed by atoms with E-state index in [9.17, 15) is 0 Å². The van der Waals surface area contributed by atoms with Crippen LogP contribution in [0.3, 0.4) is 0 Å². The average Bonchev–Trinajstić information content (AvgIpc) is 2.37. The minimum absolute atomic E-state index is 0.0918. The third-order valence-corrected chi connectivity index (χ3v) is 3.47. The molecule has 2 N–H and O–H groups in total. The molecule has 0 fully saturated rings. The van der Waals surface area contributed by atoms with E-state index in [1.165, 1.54) is 10.9 Å². The molecule has 0 saturated heterocycles. The van der Waals surface area contributed by atoms with Gasteiger partial charge in [0, 0.05) is 19.0 Å². The Morgan fingerprint density at radius 3 is 2.63 bits per heavy atom. The van der Waals surface area contributed by atoms with Crippen molar-refractivity contribution in [2.45, 2.75) is 20.8 Å². The van der Waals surface area contributed by atoms with Gasteiger partial charge in [-0.2, -0.15) is 0 Å². The Labute approximate surface area is 115 Å². The first-order valence-electron chi connectivity index (χ1n) is 6.70. The molecule has 0 aliphatic carbocycles. The number of rotatable bonds is 4. The molecule has 0 saturated carbocycles. The van der Waals surface area contributed by atoms with E-state index >= 15 is 0 Å². The molecule has 0 atom stereocenters. The lowest BCUT2D eigenvalue weighted by Crippen LogP contribution is -2.37. The molecule has 1 aromatic carbocycles. The summed E-state index contributed by atoms with van der Waals surface area (Å²) in [5.74, 6) is 1.04. The number of hydrogen-bond donors (Lipinski definition) is 1. The van der Waals surface area contributed by atoms with Gasteiger partial charge in [0.1, 0.15) is 5.82 Å². The maximum atomic E-state index is 5.81. The number of anilines is 1. The molecule has 0 aliphatic rings. The van der Waals surface area contributed by atoms with E-state index in [4.69, 9.17) is 10.7 Å². The van der Waals surface area contributed by atoms with Crippen LogP contribution in [0.25, 0.3) is 10.9 Å². The number of pyridine rings is 1. The number of para-hydroxylation sites is 1. The normalized spacial score (nSPS) is 11.8. The van der Waals surface area contributed by atoms with Crippen LogP contribution in [-0.4, -0.2) is 25.1 Å². The molecule has 0 unspecified atom stereocenters. The lowest BCUT2D eigenvalue weighted by Gasteiger charge is -2.30. The molecule has 19 heavy (non-hydrogen) atoms. The van der Waals surface area contributed by atoms with Crippen LogP contribution < -0.4 is 10.6 Å². The largest absolute Gasteiger partial charge is 0.359 e. The summed E-state index contributed by atoms with van der Waals surface area (Å²) in [5.41, 5.74) is 8.15. The van der Waals surface area contributed by atoms with Gasteiger partial charge in [-0.25, -0.2) is 4.98 Å². The highest BCUT2D eigenvalue weighted by Crippen LogP contribution is 2.24. The van der Waals surface area contributed by atoms with Crippen LogP contribution >= 0.6 is 0 Å². The Hall–Kier alpha value is -1.61. The predicted octanol–water partition coefficient (Wildman–Crippen LogP) is 2.96. The van der Waals surface area contributed by atoms with Crippen molar-refractivity contribution in [1.29, 1.82) is 0 Å². The van der Waals surface area contributed by atoms with Gasteiger partial charge >= 0.3 is 0 Å². The molecule has 1 heterocycles. The third-order valence-electron chi connectivity index (χ3n) is 3.47. The first-order chi connectivity index (χ1) is 8.93. The van der Waals surface area contributed by atoms with Crippen LogP contribution in [0.2, 0.25) is 0 Å². The second-order valence-corrected chi connectivity index (χ2v) is 6.05. The Kier molecular flexibility index (Phi) is 3.76. The molecular weight excluding hydrogens is 234 g/mol. The van der Waals surface area contributed by atoms with E-state index in [1.807, 2.05) is 12.1 Å². The van der Waals surface area contributed by atoms with Gasteiger partial charge in [-0.1, -0.05) is 32.0 Å². The van der Waals surface area contributed by atoms with E-state index in [0.717, 1.165) is 17.9 Å². The number of fused-ring (bicyclic) bond motifs is 1. The van der Waals surface area contributed by atoms with Crippen molar-refractivity contribution in [3.8, 4) is 0 Å². The number of benzene rings is 1.